The Labute approximate surface area is 142 Å². The summed E-state index contributed by atoms with van der Waals surface area (Å²) in [5.41, 5.74) is 0. The number of benzene rings is 1. The van der Waals surface area contributed by atoms with Crippen molar-refractivity contribution in [2.24, 2.45) is 0 Å². The second-order valence-electron chi connectivity index (χ2n) is 5.13. The minimum atomic E-state index is -0.465. The minimum Gasteiger partial charge on any atom is -0.487 e. The maximum absolute atomic E-state index is 9.46. The van der Waals surface area contributed by atoms with Gasteiger partial charge in [-0.2, -0.15) is 0 Å². The van der Waals surface area contributed by atoms with Crippen LogP contribution >= 0.6 is 0 Å². The summed E-state index contributed by atoms with van der Waals surface area (Å²) in [6.45, 7) is 3.97. The lowest BCUT2D eigenvalue weighted by Crippen LogP contribution is -2.28. The van der Waals surface area contributed by atoms with Gasteiger partial charge in [0.25, 0.3) is 0 Å². The van der Waals surface area contributed by atoms with Gasteiger partial charge in [0.2, 0.25) is 0 Å². The molecule has 1 heterocycles. The third kappa shape index (κ3) is 7.46. The van der Waals surface area contributed by atoms with Crippen LogP contribution in [0.15, 0.2) is 24.3 Å². The number of hydrogen-bond donors (Lipinski definition) is 1. The second-order valence-corrected chi connectivity index (χ2v) is 5.13. The monoisotopic (exact) mass is 342 g/mol. The quantitative estimate of drug-likeness (QED) is 0.812. The van der Waals surface area contributed by atoms with Crippen molar-refractivity contribution in [2.75, 3.05) is 66.1 Å². The average Bonchev–Trinajstić information content (AvgIpc) is 2.61. The number of hydrogen-bond acceptors (Lipinski definition) is 7. The van der Waals surface area contributed by atoms with Crippen LogP contribution in [-0.2, 0) is 18.9 Å². The Bertz CT molecular complexity index is 441. The number of ether oxygens (including phenoxy) is 6. The SMILES string of the molecule is OCC1COCCOCCOCCOCCOc2ccccc2O1. The van der Waals surface area contributed by atoms with Crippen molar-refractivity contribution in [1.82, 2.24) is 0 Å². The fraction of sp³-hybridized carbons (Fsp3) is 0.647. The maximum Gasteiger partial charge on any atom is 0.161 e. The third-order valence-electron chi connectivity index (χ3n) is 3.25. The van der Waals surface area contributed by atoms with Crippen LogP contribution in [-0.4, -0.2) is 77.3 Å². The molecular formula is C17H26O7. The van der Waals surface area contributed by atoms with Gasteiger partial charge in [-0.05, 0) is 12.1 Å². The van der Waals surface area contributed by atoms with Crippen LogP contribution in [0.25, 0.3) is 0 Å². The number of para-hydroxylation sites is 2. The van der Waals surface area contributed by atoms with E-state index in [1.807, 2.05) is 18.2 Å². The predicted octanol–water partition coefficient (Wildman–Crippen LogP) is 0.885. The van der Waals surface area contributed by atoms with Crippen molar-refractivity contribution < 1.29 is 33.5 Å². The lowest BCUT2D eigenvalue weighted by molar-refractivity contribution is -0.0242. The van der Waals surface area contributed by atoms with Gasteiger partial charge in [0.05, 0.1) is 59.5 Å². The Morgan fingerprint density at radius 2 is 1.29 bits per heavy atom. The van der Waals surface area contributed by atoms with Gasteiger partial charge in [0, 0.05) is 0 Å². The standard InChI is InChI=1S/C17H26O7/c18-13-15-14-22-10-9-20-6-5-19-7-8-21-11-12-23-16-3-1-2-4-17(16)24-15/h1-4,15,18H,5-14H2. The average molecular weight is 342 g/mol. The number of rotatable bonds is 1. The first kappa shape index (κ1) is 19.0. The molecular weight excluding hydrogens is 316 g/mol. The van der Waals surface area contributed by atoms with Crippen LogP contribution < -0.4 is 9.47 Å². The Morgan fingerprint density at radius 3 is 1.92 bits per heavy atom. The van der Waals surface area contributed by atoms with Gasteiger partial charge in [-0.1, -0.05) is 12.1 Å². The molecule has 1 aromatic rings. The van der Waals surface area contributed by atoms with E-state index in [9.17, 15) is 5.11 Å². The molecule has 1 unspecified atom stereocenters. The van der Waals surface area contributed by atoms with E-state index < -0.39 is 6.10 Å². The van der Waals surface area contributed by atoms with Gasteiger partial charge in [0.15, 0.2) is 11.5 Å². The number of aliphatic hydroxyl groups excluding tert-OH is 1. The van der Waals surface area contributed by atoms with Gasteiger partial charge in [-0.25, -0.2) is 0 Å². The first-order valence-electron chi connectivity index (χ1n) is 8.20. The molecule has 0 saturated heterocycles. The van der Waals surface area contributed by atoms with Crippen molar-refractivity contribution in [3.63, 3.8) is 0 Å². The first-order chi connectivity index (χ1) is 11.9. The number of aliphatic hydroxyl groups is 1. The van der Waals surface area contributed by atoms with Crippen LogP contribution in [0.1, 0.15) is 0 Å². The van der Waals surface area contributed by atoms with Gasteiger partial charge in [-0.3, -0.25) is 0 Å². The zero-order valence-electron chi connectivity index (χ0n) is 13.9. The molecule has 0 aliphatic carbocycles. The first-order valence-corrected chi connectivity index (χ1v) is 8.20. The third-order valence-corrected chi connectivity index (χ3v) is 3.25. The van der Waals surface area contributed by atoms with Crippen LogP contribution in [0.2, 0.25) is 0 Å². The largest absolute Gasteiger partial charge is 0.487 e. The van der Waals surface area contributed by atoms with Gasteiger partial charge < -0.3 is 33.5 Å². The molecule has 1 aliphatic heterocycles. The van der Waals surface area contributed by atoms with Gasteiger partial charge in [0.1, 0.15) is 12.7 Å². The molecule has 0 bridgehead atoms. The second kappa shape index (κ2) is 12.0. The minimum absolute atomic E-state index is 0.147. The van der Waals surface area contributed by atoms with Crippen molar-refractivity contribution in [2.45, 2.75) is 6.10 Å². The normalized spacial score (nSPS) is 22.3. The Hall–Kier alpha value is -1.38. The molecule has 0 aromatic heterocycles. The van der Waals surface area contributed by atoms with Crippen LogP contribution in [0.4, 0.5) is 0 Å². The highest BCUT2D eigenvalue weighted by Gasteiger charge is 2.13. The molecule has 0 spiro atoms. The highest BCUT2D eigenvalue weighted by atomic mass is 16.6. The number of fused-ring (bicyclic) bond motifs is 1. The van der Waals surface area contributed by atoms with Crippen molar-refractivity contribution in [3.05, 3.63) is 24.3 Å². The fourth-order valence-corrected chi connectivity index (χ4v) is 2.06. The molecule has 1 aromatic carbocycles. The summed E-state index contributed by atoms with van der Waals surface area (Å²) >= 11 is 0. The molecule has 136 valence electrons. The van der Waals surface area contributed by atoms with Crippen LogP contribution in [0, 0.1) is 0 Å². The maximum atomic E-state index is 9.46. The zero-order chi connectivity index (χ0) is 16.9. The van der Waals surface area contributed by atoms with E-state index in [4.69, 9.17) is 28.4 Å². The van der Waals surface area contributed by atoms with E-state index in [0.717, 1.165) is 0 Å². The molecule has 2 rings (SSSR count). The smallest absolute Gasteiger partial charge is 0.161 e. The molecule has 1 aliphatic rings. The van der Waals surface area contributed by atoms with Crippen molar-refractivity contribution >= 4 is 0 Å². The summed E-state index contributed by atoms with van der Waals surface area (Å²) < 4.78 is 33.2. The van der Waals surface area contributed by atoms with Gasteiger partial charge in [-0.15, -0.1) is 0 Å². The molecule has 7 nitrogen and oxygen atoms in total. The van der Waals surface area contributed by atoms with E-state index in [0.29, 0.717) is 64.4 Å². The molecule has 0 radical (unpaired) electrons. The summed E-state index contributed by atoms with van der Waals surface area (Å²) in [4.78, 5) is 0. The topological polar surface area (TPSA) is 75.6 Å². The molecule has 1 N–H and O–H groups in total. The lowest BCUT2D eigenvalue weighted by atomic mass is 10.3. The van der Waals surface area contributed by atoms with Crippen LogP contribution in [0.5, 0.6) is 11.5 Å². The molecule has 1 atom stereocenters. The lowest BCUT2D eigenvalue weighted by Gasteiger charge is -2.19. The fourth-order valence-electron chi connectivity index (χ4n) is 2.06. The van der Waals surface area contributed by atoms with E-state index >= 15 is 0 Å². The Morgan fingerprint density at radius 1 is 0.750 bits per heavy atom. The van der Waals surface area contributed by atoms with E-state index in [1.54, 1.807) is 6.07 Å². The van der Waals surface area contributed by atoms with Crippen LogP contribution in [0.3, 0.4) is 0 Å². The molecule has 0 saturated carbocycles. The summed E-state index contributed by atoms with van der Waals surface area (Å²) in [5, 5.41) is 9.46. The Balaban J connectivity index is 1.90. The summed E-state index contributed by atoms with van der Waals surface area (Å²) in [6, 6.07) is 7.34. The van der Waals surface area contributed by atoms with E-state index in [1.165, 1.54) is 0 Å². The predicted molar refractivity (Wildman–Crippen MR) is 86.7 cm³/mol. The highest BCUT2D eigenvalue weighted by Crippen LogP contribution is 2.27. The van der Waals surface area contributed by atoms with Crippen molar-refractivity contribution in [1.29, 1.82) is 0 Å². The molecule has 7 heteroatoms. The van der Waals surface area contributed by atoms with Gasteiger partial charge >= 0.3 is 0 Å². The molecule has 24 heavy (non-hydrogen) atoms. The summed E-state index contributed by atoms with van der Waals surface area (Å²) in [6.07, 6.45) is -0.465. The van der Waals surface area contributed by atoms with E-state index in [2.05, 4.69) is 0 Å². The summed E-state index contributed by atoms with van der Waals surface area (Å²) in [5.74, 6) is 1.18. The zero-order valence-corrected chi connectivity index (χ0v) is 13.9. The summed E-state index contributed by atoms with van der Waals surface area (Å²) in [7, 11) is 0. The molecule has 0 amide bonds. The van der Waals surface area contributed by atoms with E-state index in [-0.39, 0.29) is 13.2 Å². The van der Waals surface area contributed by atoms with Crippen molar-refractivity contribution in [3.8, 4) is 11.5 Å². The Kier molecular flexibility index (Phi) is 9.52. The highest BCUT2D eigenvalue weighted by molar-refractivity contribution is 5.39. The molecule has 0 fully saturated rings.